The molecule has 0 saturated heterocycles. The minimum atomic E-state index is -0.489. The molecule has 1 heterocycles. The number of rotatable bonds is 4. The number of halogens is 1. The molecule has 6 nitrogen and oxygen atoms in total. The zero-order valence-corrected chi connectivity index (χ0v) is 14.2. The summed E-state index contributed by atoms with van der Waals surface area (Å²) in [6.45, 7) is 1.71. The van der Waals surface area contributed by atoms with E-state index in [2.05, 4.69) is 10.3 Å². The monoisotopic (exact) mass is 358 g/mol. The van der Waals surface area contributed by atoms with Crippen molar-refractivity contribution in [1.82, 2.24) is 0 Å². The van der Waals surface area contributed by atoms with Crippen LogP contribution >= 0.6 is 23.4 Å². The highest BCUT2D eigenvalue weighted by Crippen LogP contribution is 2.25. The van der Waals surface area contributed by atoms with Gasteiger partial charge in [0.05, 0.1) is 5.25 Å². The Morgan fingerprint density at radius 1 is 1.29 bits per heavy atom. The number of nitriles is 2. The zero-order chi connectivity index (χ0) is 17.7. The Hall–Kier alpha value is -2.74. The number of carbonyl (C=O) groups excluding carboxylic acids is 1. The maximum Gasteiger partial charge on any atom is 0.289 e. The fourth-order valence-corrected chi connectivity index (χ4v) is 2.87. The maximum atomic E-state index is 12.3. The molecular weight excluding hydrogens is 346 g/mol. The van der Waals surface area contributed by atoms with E-state index in [1.807, 2.05) is 12.1 Å². The average Bonchev–Trinajstić information content (AvgIpc) is 2.57. The van der Waals surface area contributed by atoms with E-state index in [1.54, 1.807) is 31.2 Å². The third kappa shape index (κ3) is 4.17. The van der Waals surface area contributed by atoms with Gasteiger partial charge in [-0.3, -0.25) is 10.5 Å². The average molecular weight is 359 g/mol. The molecule has 2 aromatic rings. The topological polar surface area (TPSA) is 117 Å². The second kappa shape index (κ2) is 7.69. The number of aromatic amines is 1. The maximum absolute atomic E-state index is 12.3. The molecule has 0 aliphatic heterocycles. The van der Waals surface area contributed by atoms with Gasteiger partial charge in [-0.1, -0.05) is 23.4 Å². The van der Waals surface area contributed by atoms with E-state index in [0.717, 1.165) is 11.8 Å². The van der Waals surface area contributed by atoms with Crippen molar-refractivity contribution < 1.29 is 9.78 Å². The third-order valence-corrected chi connectivity index (χ3v) is 4.47. The van der Waals surface area contributed by atoms with Crippen LogP contribution in [-0.4, -0.2) is 11.2 Å². The molecule has 0 bridgehead atoms. The normalized spacial score (nSPS) is 11.2. The van der Waals surface area contributed by atoms with Crippen molar-refractivity contribution in [2.45, 2.75) is 17.2 Å². The number of nitrogen functional groups attached to an aromatic ring is 1. The van der Waals surface area contributed by atoms with Crippen LogP contribution in [0.2, 0.25) is 5.02 Å². The van der Waals surface area contributed by atoms with Gasteiger partial charge in [-0.05, 0) is 37.3 Å². The molecule has 0 radical (unpaired) electrons. The number of thioether (sulfide) groups is 1. The number of aromatic nitrogens is 1. The third-order valence-electron chi connectivity index (χ3n) is 3.09. The number of hydrogen-bond acceptors (Lipinski definition) is 5. The van der Waals surface area contributed by atoms with Crippen LogP contribution in [0.5, 0.6) is 0 Å². The van der Waals surface area contributed by atoms with Gasteiger partial charge >= 0.3 is 0 Å². The summed E-state index contributed by atoms with van der Waals surface area (Å²) < 4.78 is 0. The van der Waals surface area contributed by atoms with Crippen LogP contribution in [0.3, 0.4) is 0 Å². The van der Waals surface area contributed by atoms with Gasteiger partial charge in [0.15, 0.2) is 5.03 Å². The summed E-state index contributed by atoms with van der Waals surface area (Å²) in [5.41, 5.74) is 6.81. The molecule has 0 spiro atoms. The van der Waals surface area contributed by atoms with Gasteiger partial charge in [-0.25, -0.2) is 4.98 Å². The second-order valence-corrected chi connectivity index (χ2v) is 6.61. The number of anilines is 2. The van der Waals surface area contributed by atoms with Gasteiger partial charge in [0.25, 0.3) is 5.82 Å². The molecule has 1 atom stereocenters. The van der Waals surface area contributed by atoms with E-state index in [9.17, 15) is 10.1 Å². The summed E-state index contributed by atoms with van der Waals surface area (Å²) in [4.78, 5) is 15.1. The van der Waals surface area contributed by atoms with E-state index in [4.69, 9.17) is 22.6 Å². The molecule has 0 unspecified atom stereocenters. The first-order valence-corrected chi connectivity index (χ1v) is 8.09. The summed E-state index contributed by atoms with van der Waals surface area (Å²) in [6.07, 6.45) is 0. The zero-order valence-electron chi connectivity index (χ0n) is 12.6. The molecule has 0 aliphatic carbocycles. The highest BCUT2D eigenvalue weighted by atomic mass is 35.5. The van der Waals surface area contributed by atoms with Crippen molar-refractivity contribution in [3.8, 4) is 12.1 Å². The summed E-state index contributed by atoms with van der Waals surface area (Å²) in [6, 6.07) is 12.1. The van der Waals surface area contributed by atoms with Crippen LogP contribution in [0.15, 0.2) is 35.4 Å². The van der Waals surface area contributed by atoms with E-state index < -0.39 is 5.25 Å². The lowest BCUT2D eigenvalue weighted by molar-refractivity contribution is -0.410. The van der Waals surface area contributed by atoms with E-state index >= 15 is 0 Å². The minimum absolute atomic E-state index is 0.157. The SMILES string of the molecule is C[C@H](Sc1[nH+]c(N)c(C#N)cc1C#N)C(=O)Nc1ccc(Cl)cc1. The highest BCUT2D eigenvalue weighted by Gasteiger charge is 2.21. The number of benzene rings is 1. The van der Waals surface area contributed by atoms with Crippen molar-refractivity contribution >= 4 is 40.8 Å². The Morgan fingerprint density at radius 2 is 1.92 bits per heavy atom. The summed E-state index contributed by atoms with van der Waals surface area (Å²) in [5.74, 6) is -0.0770. The number of nitrogens with one attached hydrogen (secondary N) is 2. The molecule has 120 valence electrons. The van der Waals surface area contributed by atoms with Gasteiger partial charge in [-0.15, -0.1) is 0 Å². The predicted octanol–water partition coefficient (Wildman–Crippen LogP) is 2.60. The van der Waals surface area contributed by atoms with Crippen LogP contribution in [0.4, 0.5) is 11.5 Å². The van der Waals surface area contributed by atoms with Crippen molar-refractivity contribution in [3.63, 3.8) is 0 Å². The van der Waals surface area contributed by atoms with Crippen molar-refractivity contribution in [2.24, 2.45) is 0 Å². The Labute approximate surface area is 148 Å². The molecule has 2 rings (SSSR count). The quantitative estimate of drug-likeness (QED) is 0.814. The lowest BCUT2D eigenvalue weighted by Gasteiger charge is -2.11. The smallest absolute Gasteiger partial charge is 0.289 e. The first-order chi connectivity index (χ1) is 11.4. The largest absolute Gasteiger partial charge is 0.325 e. The number of nitrogens with two attached hydrogens (primary N) is 1. The van der Waals surface area contributed by atoms with Gasteiger partial charge < -0.3 is 5.32 Å². The Morgan fingerprint density at radius 3 is 2.50 bits per heavy atom. The van der Waals surface area contributed by atoms with Crippen LogP contribution in [0, 0.1) is 22.7 Å². The standard InChI is InChI=1S/C16H12ClN5OS/c1-9(15(23)21-13-4-2-12(17)3-5-13)24-16-11(8-19)6-10(7-18)14(20)22-16/h2-6,9H,1H3,(H2,20,22)(H,21,23)/p+1/t9-/m0/s1. The first kappa shape index (κ1) is 17.6. The molecule has 1 aromatic heterocycles. The lowest BCUT2D eigenvalue weighted by Crippen LogP contribution is -2.25. The highest BCUT2D eigenvalue weighted by molar-refractivity contribution is 8.00. The summed E-state index contributed by atoms with van der Waals surface area (Å²) in [5, 5.41) is 21.4. The molecule has 1 amide bonds. The fourth-order valence-electron chi connectivity index (χ4n) is 1.82. The Balaban J connectivity index is 2.14. The van der Waals surface area contributed by atoms with Crippen LogP contribution in [0.1, 0.15) is 18.1 Å². The fraction of sp³-hybridized carbons (Fsp3) is 0.125. The predicted molar refractivity (Wildman–Crippen MR) is 92.2 cm³/mol. The Kier molecular flexibility index (Phi) is 5.64. The second-order valence-electron chi connectivity index (χ2n) is 4.82. The lowest BCUT2D eigenvalue weighted by atomic mass is 10.2. The molecule has 8 heteroatoms. The number of H-pyrrole nitrogens is 1. The van der Waals surface area contributed by atoms with Crippen LogP contribution in [0.25, 0.3) is 0 Å². The molecule has 0 saturated carbocycles. The molecule has 0 aliphatic rings. The van der Waals surface area contributed by atoms with E-state index in [-0.39, 0.29) is 22.9 Å². The van der Waals surface area contributed by atoms with Crippen molar-refractivity contribution in [2.75, 3.05) is 11.1 Å². The van der Waals surface area contributed by atoms with Gasteiger partial charge in [0, 0.05) is 10.7 Å². The van der Waals surface area contributed by atoms with Crippen LogP contribution in [-0.2, 0) is 4.79 Å². The number of hydrogen-bond donors (Lipinski definition) is 2. The number of amides is 1. The summed E-state index contributed by atoms with van der Waals surface area (Å²) in [7, 11) is 0. The van der Waals surface area contributed by atoms with Crippen molar-refractivity contribution in [3.05, 3.63) is 46.5 Å². The minimum Gasteiger partial charge on any atom is -0.325 e. The Bertz CT molecular complexity index is 854. The number of nitrogens with zero attached hydrogens (tertiary/aromatic N) is 2. The molecule has 0 fully saturated rings. The molecular formula is C16H13ClN5OS+. The molecule has 24 heavy (non-hydrogen) atoms. The molecule has 4 N–H and O–H groups in total. The van der Waals surface area contributed by atoms with Gasteiger partial charge in [0.1, 0.15) is 23.3 Å². The summed E-state index contributed by atoms with van der Waals surface area (Å²) >= 11 is 6.96. The molecule has 1 aromatic carbocycles. The first-order valence-electron chi connectivity index (χ1n) is 6.83. The number of pyridine rings is 1. The van der Waals surface area contributed by atoms with Gasteiger partial charge in [0.2, 0.25) is 5.91 Å². The van der Waals surface area contributed by atoms with Crippen LogP contribution < -0.4 is 16.0 Å². The van der Waals surface area contributed by atoms with E-state index in [0.29, 0.717) is 15.7 Å². The van der Waals surface area contributed by atoms with Gasteiger partial charge in [-0.2, -0.15) is 10.5 Å². The number of carbonyl (C=O) groups is 1. The van der Waals surface area contributed by atoms with E-state index in [1.165, 1.54) is 6.07 Å². The van der Waals surface area contributed by atoms with Crippen molar-refractivity contribution in [1.29, 1.82) is 10.5 Å².